The molecule has 1 saturated heterocycles. The number of imidazole rings is 1. The molecule has 1 aliphatic rings. The lowest BCUT2D eigenvalue weighted by molar-refractivity contribution is -0.0414. The average molecular weight is 290 g/mol. The molecule has 0 aliphatic carbocycles. The number of ether oxygens (including phenoxy) is 1. The third kappa shape index (κ3) is 3.30. The van der Waals surface area contributed by atoms with Crippen LogP contribution in [0.3, 0.4) is 0 Å². The van der Waals surface area contributed by atoms with E-state index in [1.54, 1.807) is 0 Å². The Kier molecular flexibility index (Phi) is 4.03. The highest BCUT2D eigenvalue weighted by Gasteiger charge is 2.22. The first-order chi connectivity index (χ1) is 10.1. The van der Waals surface area contributed by atoms with Gasteiger partial charge >= 0.3 is 0 Å². The van der Waals surface area contributed by atoms with Crippen LogP contribution in [0.25, 0.3) is 0 Å². The lowest BCUT2D eigenvalue weighted by atomic mass is 10.2. The highest BCUT2D eigenvalue weighted by atomic mass is 16.5. The van der Waals surface area contributed by atoms with Gasteiger partial charge in [0.25, 0.3) is 0 Å². The molecule has 0 unspecified atom stereocenters. The molecule has 3 heterocycles. The van der Waals surface area contributed by atoms with E-state index in [1.165, 1.54) is 0 Å². The Balaban J connectivity index is 1.60. The Morgan fingerprint density at radius 2 is 2.24 bits per heavy atom. The average Bonchev–Trinajstić information content (AvgIpc) is 2.97. The Morgan fingerprint density at radius 3 is 2.90 bits per heavy atom. The van der Waals surface area contributed by atoms with E-state index in [2.05, 4.69) is 24.5 Å². The van der Waals surface area contributed by atoms with Gasteiger partial charge in [0.2, 0.25) is 0 Å². The maximum Gasteiger partial charge on any atom is 0.147 e. The fourth-order valence-electron chi connectivity index (χ4n) is 2.71. The summed E-state index contributed by atoms with van der Waals surface area (Å²) in [5.74, 6) is 2.84. The maximum absolute atomic E-state index is 5.87. The molecule has 2 aromatic heterocycles. The number of hydrogen-bond acceptors (Lipinski definition) is 5. The molecule has 0 saturated carbocycles. The summed E-state index contributed by atoms with van der Waals surface area (Å²) < 4.78 is 9.87. The third-order valence-corrected chi connectivity index (χ3v) is 3.85. The molecule has 1 fully saturated rings. The van der Waals surface area contributed by atoms with Gasteiger partial charge in [0.05, 0.1) is 25.8 Å². The predicted octanol–water partition coefficient (Wildman–Crippen LogP) is 0.529. The molecule has 7 heteroatoms. The standard InChI is InChI=1S/C14H22N6O/c1-11-16-12(2)20(17-11)9-13-8-19(6-7-21-13)10-14-15-4-5-18(14)3/h4-5,13H,6-10H2,1-3H3/t13-/m1/s1. The largest absolute Gasteiger partial charge is 0.374 e. The molecular weight excluding hydrogens is 268 g/mol. The number of hydrogen-bond donors (Lipinski definition) is 0. The molecule has 0 bridgehead atoms. The summed E-state index contributed by atoms with van der Waals surface area (Å²) in [6.45, 7) is 8.10. The minimum absolute atomic E-state index is 0.152. The van der Waals surface area contributed by atoms with Crippen LogP contribution < -0.4 is 0 Å². The van der Waals surface area contributed by atoms with Crippen molar-refractivity contribution < 1.29 is 4.74 Å². The Labute approximate surface area is 124 Å². The van der Waals surface area contributed by atoms with E-state index in [1.807, 2.05) is 38.0 Å². The molecule has 114 valence electrons. The van der Waals surface area contributed by atoms with Gasteiger partial charge in [-0.2, -0.15) is 5.10 Å². The van der Waals surface area contributed by atoms with Crippen LogP contribution in [0.2, 0.25) is 0 Å². The van der Waals surface area contributed by atoms with Crippen LogP contribution in [0.1, 0.15) is 17.5 Å². The van der Waals surface area contributed by atoms with Crippen LogP contribution in [-0.2, 0) is 24.9 Å². The number of aryl methyl sites for hydroxylation is 3. The Hall–Kier alpha value is -1.73. The first-order valence-corrected chi connectivity index (χ1v) is 7.30. The van der Waals surface area contributed by atoms with Crippen molar-refractivity contribution in [3.63, 3.8) is 0 Å². The van der Waals surface area contributed by atoms with E-state index >= 15 is 0 Å². The van der Waals surface area contributed by atoms with Gasteiger partial charge in [-0.05, 0) is 13.8 Å². The van der Waals surface area contributed by atoms with Crippen molar-refractivity contribution in [1.29, 1.82) is 0 Å². The monoisotopic (exact) mass is 290 g/mol. The minimum atomic E-state index is 0.152. The highest BCUT2D eigenvalue weighted by Crippen LogP contribution is 2.11. The summed E-state index contributed by atoms with van der Waals surface area (Å²) in [7, 11) is 2.03. The summed E-state index contributed by atoms with van der Waals surface area (Å²) >= 11 is 0. The molecule has 0 N–H and O–H groups in total. The second-order valence-electron chi connectivity index (χ2n) is 5.57. The number of morpholine rings is 1. The molecule has 7 nitrogen and oxygen atoms in total. The minimum Gasteiger partial charge on any atom is -0.374 e. The zero-order valence-electron chi connectivity index (χ0n) is 12.9. The molecule has 1 aliphatic heterocycles. The summed E-state index contributed by atoms with van der Waals surface area (Å²) in [5, 5.41) is 4.41. The number of aromatic nitrogens is 5. The molecule has 3 rings (SSSR count). The molecule has 1 atom stereocenters. The van der Waals surface area contributed by atoms with Crippen molar-refractivity contribution in [2.45, 2.75) is 33.0 Å². The summed E-state index contributed by atoms with van der Waals surface area (Å²) in [6, 6.07) is 0. The number of rotatable bonds is 4. The first kappa shape index (κ1) is 14.2. The predicted molar refractivity (Wildman–Crippen MR) is 77.7 cm³/mol. The van der Waals surface area contributed by atoms with Gasteiger partial charge in [-0.15, -0.1) is 0 Å². The lowest BCUT2D eigenvalue weighted by Gasteiger charge is -2.32. The van der Waals surface area contributed by atoms with Crippen LogP contribution in [0.4, 0.5) is 0 Å². The zero-order chi connectivity index (χ0) is 14.8. The van der Waals surface area contributed by atoms with E-state index in [0.29, 0.717) is 0 Å². The van der Waals surface area contributed by atoms with E-state index in [4.69, 9.17) is 4.74 Å². The number of nitrogens with zero attached hydrogens (tertiary/aromatic N) is 6. The zero-order valence-corrected chi connectivity index (χ0v) is 12.9. The van der Waals surface area contributed by atoms with Crippen LogP contribution in [0.15, 0.2) is 12.4 Å². The molecule has 0 radical (unpaired) electrons. The second kappa shape index (κ2) is 5.95. The van der Waals surface area contributed by atoms with E-state index in [-0.39, 0.29) is 6.10 Å². The van der Waals surface area contributed by atoms with Gasteiger partial charge in [0, 0.05) is 32.5 Å². The maximum atomic E-state index is 5.87. The molecule has 0 spiro atoms. The van der Waals surface area contributed by atoms with Gasteiger partial charge in [-0.3, -0.25) is 4.90 Å². The second-order valence-corrected chi connectivity index (χ2v) is 5.57. The molecule has 0 amide bonds. The van der Waals surface area contributed by atoms with Crippen molar-refractivity contribution in [2.75, 3.05) is 19.7 Å². The van der Waals surface area contributed by atoms with Crippen LogP contribution in [0, 0.1) is 13.8 Å². The quantitative estimate of drug-likeness (QED) is 0.822. The normalized spacial score (nSPS) is 20.0. The van der Waals surface area contributed by atoms with Crippen molar-refractivity contribution in [3.05, 3.63) is 29.9 Å². The van der Waals surface area contributed by atoms with Crippen molar-refractivity contribution >= 4 is 0 Å². The molecule has 2 aromatic rings. The van der Waals surface area contributed by atoms with Gasteiger partial charge in [-0.1, -0.05) is 0 Å². The Morgan fingerprint density at radius 1 is 1.38 bits per heavy atom. The van der Waals surface area contributed by atoms with Crippen LogP contribution >= 0.6 is 0 Å². The van der Waals surface area contributed by atoms with Gasteiger partial charge < -0.3 is 9.30 Å². The van der Waals surface area contributed by atoms with Gasteiger partial charge in [0.15, 0.2) is 0 Å². The fraction of sp³-hybridized carbons (Fsp3) is 0.643. The van der Waals surface area contributed by atoms with Crippen LogP contribution in [-0.4, -0.2) is 55.0 Å². The topological polar surface area (TPSA) is 61.0 Å². The first-order valence-electron chi connectivity index (χ1n) is 7.30. The summed E-state index contributed by atoms with van der Waals surface area (Å²) in [6.07, 6.45) is 3.97. The summed E-state index contributed by atoms with van der Waals surface area (Å²) in [5.41, 5.74) is 0. The van der Waals surface area contributed by atoms with E-state index in [0.717, 1.165) is 50.3 Å². The summed E-state index contributed by atoms with van der Waals surface area (Å²) in [4.78, 5) is 11.1. The lowest BCUT2D eigenvalue weighted by Crippen LogP contribution is -2.44. The van der Waals surface area contributed by atoms with Crippen molar-refractivity contribution in [2.24, 2.45) is 7.05 Å². The van der Waals surface area contributed by atoms with E-state index in [9.17, 15) is 0 Å². The molecular formula is C14H22N6O. The molecule has 21 heavy (non-hydrogen) atoms. The van der Waals surface area contributed by atoms with Crippen molar-refractivity contribution in [1.82, 2.24) is 29.2 Å². The van der Waals surface area contributed by atoms with E-state index < -0.39 is 0 Å². The SMILES string of the molecule is Cc1nc(C)n(C[C@H]2CN(Cc3nccn3C)CCO2)n1. The van der Waals surface area contributed by atoms with Gasteiger partial charge in [0.1, 0.15) is 17.5 Å². The highest BCUT2D eigenvalue weighted by molar-refractivity contribution is 4.92. The third-order valence-electron chi connectivity index (χ3n) is 3.85. The van der Waals surface area contributed by atoms with Crippen molar-refractivity contribution in [3.8, 4) is 0 Å². The molecule has 0 aromatic carbocycles. The Bertz CT molecular complexity index is 604. The van der Waals surface area contributed by atoms with Gasteiger partial charge in [-0.25, -0.2) is 14.6 Å². The van der Waals surface area contributed by atoms with Crippen LogP contribution in [0.5, 0.6) is 0 Å². The fourth-order valence-corrected chi connectivity index (χ4v) is 2.71. The smallest absolute Gasteiger partial charge is 0.147 e.